The molecule has 0 aliphatic carbocycles. The molecule has 3 heterocycles. The molecule has 24 heavy (non-hydrogen) atoms. The molecule has 2 N–H and O–H groups in total. The van der Waals surface area contributed by atoms with E-state index in [0.717, 1.165) is 16.8 Å². The van der Waals surface area contributed by atoms with Crippen LogP contribution in [0.25, 0.3) is 28.3 Å². The average molecular weight is 331 g/mol. The lowest BCUT2D eigenvalue weighted by molar-refractivity contribution is 0.972. The largest absolute Gasteiger partial charge is 0.389 e. The van der Waals surface area contributed by atoms with Crippen molar-refractivity contribution in [3.8, 4) is 22.6 Å². The third kappa shape index (κ3) is 2.43. The SMILES string of the molecule is NC(=S)c1ccc(-c2ccncc2)n2nc(-c3ccccc3)nc12. The maximum Gasteiger partial charge on any atom is 0.182 e. The van der Waals surface area contributed by atoms with Gasteiger partial charge in [-0.2, -0.15) is 0 Å². The Morgan fingerprint density at radius 2 is 1.67 bits per heavy atom. The molecular weight excluding hydrogens is 318 g/mol. The molecule has 0 aliphatic rings. The van der Waals surface area contributed by atoms with Crippen LogP contribution in [-0.4, -0.2) is 24.6 Å². The second-order valence-corrected chi connectivity index (χ2v) is 5.71. The molecule has 0 atom stereocenters. The number of fused-ring (bicyclic) bond motifs is 1. The number of pyridine rings is 2. The molecule has 0 spiro atoms. The molecule has 0 amide bonds. The molecule has 4 rings (SSSR count). The summed E-state index contributed by atoms with van der Waals surface area (Å²) >= 11 is 5.16. The van der Waals surface area contributed by atoms with Crippen LogP contribution in [0.15, 0.2) is 67.0 Å². The van der Waals surface area contributed by atoms with Crippen LogP contribution in [0.5, 0.6) is 0 Å². The Hall–Kier alpha value is -3.12. The predicted octanol–water partition coefficient (Wildman–Crippen LogP) is 3.09. The zero-order valence-corrected chi connectivity index (χ0v) is 13.4. The first-order valence-corrected chi connectivity index (χ1v) is 7.80. The number of nitrogens with two attached hydrogens (primary N) is 1. The number of benzene rings is 1. The standard InChI is InChI=1S/C18H13N5S/c19-16(24)14-6-7-15(12-8-10-20-11-9-12)23-18(14)21-17(22-23)13-4-2-1-3-5-13/h1-11H,(H2,19,24). The number of hydrogen-bond donors (Lipinski definition) is 1. The van der Waals surface area contributed by atoms with Crippen molar-refractivity contribution >= 4 is 22.9 Å². The van der Waals surface area contributed by atoms with Gasteiger partial charge in [-0.05, 0) is 24.3 Å². The van der Waals surface area contributed by atoms with Gasteiger partial charge in [-0.1, -0.05) is 42.5 Å². The van der Waals surface area contributed by atoms with Gasteiger partial charge < -0.3 is 5.73 Å². The van der Waals surface area contributed by atoms with Gasteiger partial charge in [-0.3, -0.25) is 4.98 Å². The Kier molecular flexibility index (Phi) is 3.51. The molecule has 0 saturated heterocycles. The summed E-state index contributed by atoms with van der Waals surface area (Å²) in [4.78, 5) is 9.02. The summed E-state index contributed by atoms with van der Waals surface area (Å²) in [6.45, 7) is 0. The Morgan fingerprint density at radius 1 is 0.917 bits per heavy atom. The quantitative estimate of drug-likeness (QED) is 0.584. The minimum atomic E-state index is 0.299. The van der Waals surface area contributed by atoms with Gasteiger partial charge in [-0.25, -0.2) is 9.50 Å². The molecule has 0 radical (unpaired) electrons. The molecule has 0 aliphatic heterocycles. The van der Waals surface area contributed by atoms with Crippen molar-refractivity contribution in [1.82, 2.24) is 19.6 Å². The van der Waals surface area contributed by atoms with E-state index >= 15 is 0 Å². The fourth-order valence-electron chi connectivity index (χ4n) is 2.60. The summed E-state index contributed by atoms with van der Waals surface area (Å²) in [6, 6.07) is 17.5. The molecule has 0 saturated carbocycles. The van der Waals surface area contributed by atoms with Crippen LogP contribution in [0.1, 0.15) is 5.56 Å². The fourth-order valence-corrected chi connectivity index (χ4v) is 2.76. The summed E-state index contributed by atoms with van der Waals surface area (Å²) in [5, 5.41) is 4.67. The summed E-state index contributed by atoms with van der Waals surface area (Å²) in [7, 11) is 0. The van der Waals surface area contributed by atoms with E-state index in [1.165, 1.54) is 0 Å². The Balaban J connectivity index is 2.01. The van der Waals surface area contributed by atoms with Crippen molar-refractivity contribution < 1.29 is 0 Å². The number of rotatable bonds is 3. The van der Waals surface area contributed by atoms with E-state index in [1.54, 1.807) is 16.9 Å². The highest BCUT2D eigenvalue weighted by Crippen LogP contribution is 2.24. The highest BCUT2D eigenvalue weighted by Gasteiger charge is 2.15. The number of thiocarbonyl (C=S) groups is 1. The number of hydrogen-bond acceptors (Lipinski definition) is 4. The molecule has 0 unspecified atom stereocenters. The molecule has 5 nitrogen and oxygen atoms in total. The molecule has 4 aromatic rings. The number of nitrogens with zero attached hydrogens (tertiary/aromatic N) is 4. The van der Waals surface area contributed by atoms with Gasteiger partial charge in [0, 0.05) is 23.5 Å². The third-order valence-corrected chi connectivity index (χ3v) is 3.98. The molecule has 6 heteroatoms. The summed E-state index contributed by atoms with van der Waals surface area (Å²) in [5.41, 5.74) is 10.1. The van der Waals surface area contributed by atoms with E-state index in [4.69, 9.17) is 18.0 Å². The lowest BCUT2D eigenvalue weighted by Gasteiger charge is -2.06. The van der Waals surface area contributed by atoms with E-state index in [0.29, 0.717) is 22.0 Å². The van der Waals surface area contributed by atoms with Gasteiger partial charge >= 0.3 is 0 Å². The molecular formula is C18H13N5S. The van der Waals surface area contributed by atoms with Crippen LogP contribution >= 0.6 is 12.2 Å². The van der Waals surface area contributed by atoms with Crippen molar-refractivity contribution in [2.24, 2.45) is 5.73 Å². The monoisotopic (exact) mass is 331 g/mol. The van der Waals surface area contributed by atoms with E-state index in [-0.39, 0.29) is 0 Å². The van der Waals surface area contributed by atoms with Gasteiger partial charge in [0.15, 0.2) is 11.5 Å². The normalized spacial score (nSPS) is 10.8. The van der Waals surface area contributed by atoms with Gasteiger partial charge in [-0.15, -0.1) is 5.10 Å². The van der Waals surface area contributed by atoms with E-state index in [2.05, 4.69) is 15.1 Å². The van der Waals surface area contributed by atoms with Crippen molar-refractivity contribution in [2.45, 2.75) is 0 Å². The third-order valence-electron chi connectivity index (χ3n) is 3.76. The van der Waals surface area contributed by atoms with Crippen LogP contribution in [0, 0.1) is 0 Å². The second-order valence-electron chi connectivity index (χ2n) is 5.27. The average Bonchev–Trinajstić information content (AvgIpc) is 3.07. The van der Waals surface area contributed by atoms with Crippen LogP contribution in [0.3, 0.4) is 0 Å². The zero-order chi connectivity index (χ0) is 16.5. The lowest BCUT2D eigenvalue weighted by atomic mass is 10.1. The van der Waals surface area contributed by atoms with E-state index in [1.807, 2.05) is 54.6 Å². The Bertz CT molecular complexity index is 1030. The van der Waals surface area contributed by atoms with Crippen molar-refractivity contribution in [3.63, 3.8) is 0 Å². The molecule has 3 aromatic heterocycles. The van der Waals surface area contributed by atoms with Gasteiger partial charge in [0.05, 0.1) is 11.3 Å². The minimum absolute atomic E-state index is 0.299. The van der Waals surface area contributed by atoms with Crippen molar-refractivity contribution in [3.05, 3.63) is 72.6 Å². The van der Waals surface area contributed by atoms with Crippen LogP contribution < -0.4 is 5.73 Å². The molecule has 0 bridgehead atoms. The highest BCUT2D eigenvalue weighted by atomic mass is 32.1. The summed E-state index contributed by atoms with van der Waals surface area (Å²) in [6.07, 6.45) is 3.50. The molecule has 0 fully saturated rings. The first-order chi connectivity index (χ1) is 11.7. The molecule has 116 valence electrons. The highest BCUT2D eigenvalue weighted by molar-refractivity contribution is 7.80. The maximum absolute atomic E-state index is 5.86. The summed E-state index contributed by atoms with van der Waals surface area (Å²) < 4.78 is 1.78. The van der Waals surface area contributed by atoms with E-state index in [9.17, 15) is 0 Å². The number of aromatic nitrogens is 4. The minimum Gasteiger partial charge on any atom is -0.389 e. The van der Waals surface area contributed by atoms with Gasteiger partial charge in [0.2, 0.25) is 0 Å². The fraction of sp³-hybridized carbons (Fsp3) is 0. The van der Waals surface area contributed by atoms with Crippen molar-refractivity contribution in [1.29, 1.82) is 0 Å². The van der Waals surface area contributed by atoms with E-state index < -0.39 is 0 Å². The first-order valence-electron chi connectivity index (χ1n) is 7.39. The second kappa shape index (κ2) is 5.82. The predicted molar refractivity (Wildman–Crippen MR) is 97.5 cm³/mol. The van der Waals surface area contributed by atoms with Gasteiger partial charge in [0.25, 0.3) is 0 Å². The van der Waals surface area contributed by atoms with Gasteiger partial charge in [0.1, 0.15) is 4.99 Å². The zero-order valence-electron chi connectivity index (χ0n) is 12.6. The van der Waals surface area contributed by atoms with Crippen LogP contribution in [-0.2, 0) is 0 Å². The van der Waals surface area contributed by atoms with Crippen LogP contribution in [0.4, 0.5) is 0 Å². The maximum atomic E-state index is 5.86. The topological polar surface area (TPSA) is 69.1 Å². The Labute approximate surface area is 143 Å². The lowest BCUT2D eigenvalue weighted by Crippen LogP contribution is -2.12. The summed E-state index contributed by atoms with van der Waals surface area (Å²) in [5.74, 6) is 0.634. The first kappa shape index (κ1) is 14.5. The Morgan fingerprint density at radius 3 is 2.38 bits per heavy atom. The smallest absolute Gasteiger partial charge is 0.182 e. The van der Waals surface area contributed by atoms with Crippen molar-refractivity contribution in [2.75, 3.05) is 0 Å². The van der Waals surface area contributed by atoms with Crippen LogP contribution in [0.2, 0.25) is 0 Å². The molecule has 1 aromatic carbocycles.